The normalized spacial score (nSPS) is 21.0. The largest absolute Gasteiger partial charge is 0.395 e. The highest BCUT2D eigenvalue weighted by Gasteiger charge is 2.45. The zero-order valence-electron chi connectivity index (χ0n) is 14.0. The van der Waals surface area contributed by atoms with Crippen LogP contribution < -0.4 is 16.4 Å². The zero-order valence-corrected chi connectivity index (χ0v) is 14.0. The number of nitrogens with two attached hydrogens (primary N) is 1. The first-order valence-electron chi connectivity index (χ1n) is 8.35. The number of nitrogens with zero attached hydrogens (tertiary/aromatic N) is 1. The van der Waals surface area contributed by atoms with Crippen LogP contribution in [0.5, 0.6) is 0 Å². The number of fused-ring (bicyclic) bond motifs is 1. The smallest absolute Gasteiger partial charge is 0.262 e. The van der Waals surface area contributed by atoms with Crippen LogP contribution in [0.4, 0.5) is 0 Å². The number of carbonyl (C=O) groups is 4. The quantitative estimate of drug-likeness (QED) is 0.452. The zero-order chi connectivity index (χ0) is 18.8. The summed E-state index contributed by atoms with van der Waals surface area (Å²) in [4.78, 5) is 49.9. The van der Waals surface area contributed by atoms with Crippen molar-refractivity contribution in [3.8, 4) is 0 Å². The number of aliphatic hydroxyl groups excluding tert-OH is 1. The number of rotatable bonds is 6. The van der Waals surface area contributed by atoms with Gasteiger partial charge in [0.15, 0.2) is 0 Å². The van der Waals surface area contributed by atoms with Gasteiger partial charge < -0.3 is 16.2 Å². The maximum absolute atomic E-state index is 12.9. The molecule has 26 heavy (non-hydrogen) atoms. The number of carbonyl (C=O) groups excluding carboxylic acids is 4. The molecule has 138 valence electrons. The highest BCUT2D eigenvalue weighted by molar-refractivity contribution is 6.24. The molecule has 3 rings (SSSR count). The average Bonchev–Trinajstić information content (AvgIpc) is 2.88. The minimum Gasteiger partial charge on any atom is -0.395 e. The van der Waals surface area contributed by atoms with E-state index in [1.807, 2.05) is 0 Å². The molecule has 1 fully saturated rings. The van der Waals surface area contributed by atoms with Crippen molar-refractivity contribution in [2.45, 2.75) is 31.5 Å². The van der Waals surface area contributed by atoms with Gasteiger partial charge in [-0.2, -0.15) is 0 Å². The summed E-state index contributed by atoms with van der Waals surface area (Å²) in [5, 5.41) is 14.4. The van der Waals surface area contributed by atoms with E-state index in [2.05, 4.69) is 10.6 Å². The molecule has 5 N–H and O–H groups in total. The van der Waals surface area contributed by atoms with Crippen LogP contribution in [0.3, 0.4) is 0 Å². The molecule has 1 aromatic rings. The molecule has 9 heteroatoms. The molecule has 2 atom stereocenters. The molecule has 0 aliphatic carbocycles. The molecule has 2 unspecified atom stereocenters. The third-order valence-electron chi connectivity index (χ3n) is 4.64. The second kappa shape index (κ2) is 7.32. The molecule has 1 aromatic carbocycles. The Hall–Kier alpha value is -2.62. The fourth-order valence-electron chi connectivity index (χ4n) is 3.21. The lowest BCUT2D eigenvalue weighted by molar-refractivity contribution is -0.136. The number of nitrogens with one attached hydrogen (secondary N) is 2. The Labute approximate surface area is 149 Å². The van der Waals surface area contributed by atoms with Crippen molar-refractivity contribution >= 4 is 23.6 Å². The average molecular weight is 360 g/mol. The summed E-state index contributed by atoms with van der Waals surface area (Å²) in [5.74, 6) is -2.15. The van der Waals surface area contributed by atoms with Gasteiger partial charge in [-0.1, -0.05) is 12.1 Å². The number of amides is 4. The van der Waals surface area contributed by atoms with Crippen molar-refractivity contribution in [1.29, 1.82) is 0 Å². The summed E-state index contributed by atoms with van der Waals surface area (Å²) in [7, 11) is 0. The summed E-state index contributed by atoms with van der Waals surface area (Å²) < 4.78 is 0. The van der Waals surface area contributed by atoms with E-state index in [-0.39, 0.29) is 49.7 Å². The van der Waals surface area contributed by atoms with E-state index in [0.29, 0.717) is 5.56 Å². The van der Waals surface area contributed by atoms with E-state index in [9.17, 15) is 24.3 Å². The molecular formula is C17H20N4O5. The molecule has 9 nitrogen and oxygen atoms in total. The molecule has 2 heterocycles. The molecule has 0 radical (unpaired) electrons. The van der Waals surface area contributed by atoms with Crippen LogP contribution in [0.1, 0.15) is 39.1 Å². The number of hydrogen-bond donors (Lipinski definition) is 4. The van der Waals surface area contributed by atoms with Crippen LogP contribution in [0, 0.1) is 0 Å². The van der Waals surface area contributed by atoms with Crippen LogP contribution in [-0.4, -0.2) is 58.9 Å². The molecule has 0 saturated carbocycles. The highest BCUT2D eigenvalue weighted by Crippen LogP contribution is 2.29. The molecule has 1 saturated heterocycles. The minimum absolute atomic E-state index is 0.0763. The van der Waals surface area contributed by atoms with Crippen LogP contribution >= 0.6 is 0 Å². The van der Waals surface area contributed by atoms with Gasteiger partial charge in [-0.3, -0.25) is 29.4 Å². The lowest BCUT2D eigenvalue weighted by Gasteiger charge is -2.27. The van der Waals surface area contributed by atoms with E-state index in [0.717, 1.165) is 4.90 Å². The van der Waals surface area contributed by atoms with Crippen LogP contribution in [0.15, 0.2) is 18.2 Å². The second-order valence-corrected chi connectivity index (χ2v) is 6.28. The van der Waals surface area contributed by atoms with Gasteiger partial charge in [0.1, 0.15) is 6.04 Å². The Morgan fingerprint density at radius 1 is 1.27 bits per heavy atom. The minimum atomic E-state index is -0.991. The van der Waals surface area contributed by atoms with Crippen molar-refractivity contribution in [2.24, 2.45) is 5.73 Å². The van der Waals surface area contributed by atoms with Gasteiger partial charge in [0, 0.05) is 25.6 Å². The van der Waals surface area contributed by atoms with E-state index in [4.69, 9.17) is 5.73 Å². The lowest BCUT2D eigenvalue weighted by Crippen LogP contribution is -2.54. The Morgan fingerprint density at radius 3 is 2.69 bits per heavy atom. The van der Waals surface area contributed by atoms with Crippen LogP contribution in [0.2, 0.25) is 0 Å². The number of hydrogen-bond acceptors (Lipinski definition) is 7. The summed E-state index contributed by atoms with van der Waals surface area (Å²) in [5.41, 5.74) is 6.59. The first kappa shape index (κ1) is 18.2. The van der Waals surface area contributed by atoms with E-state index in [1.54, 1.807) is 12.1 Å². The first-order chi connectivity index (χ1) is 12.5. The molecule has 0 bridgehead atoms. The number of aliphatic hydroxyl groups is 1. The van der Waals surface area contributed by atoms with Gasteiger partial charge in [0.05, 0.1) is 17.7 Å². The van der Waals surface area contributed by atoms with Crippen molar-refractivity contribution in [3.63, 3.8) is 0 Å². The topological polar surface area (TPSA) is 142 Å². The van der Waals surface area contributed by atoms with Crippen molar-refractivity contribution in [2.75, 3.05) is 13.2 Å². The van der Waals surface area contributed by atoms with Crippen LogP contribution in [0.25, 0.3) is 0 Å². The Morgan fingerprint density at radius 2 is 2.04 bits per heavy atom. The maximum atomic E-state index is 12.9. The maximum Gasteiger partial charge on any atom is 0.262 e. The van der Waals surface area contributed by atoms with Gasteiger partial charge in [-0.05, 0) is 18.1 Å². The van der Waals surface area contributed by atoms with Crippen molar-refractivity contribution < 1.29 is 24.3 Å². The first-order valence-corrected chi connectivity index (χ1v) is 8.35. The fourth-order valence-corrected chi connectivity index (χ4v) is 3.21. The predicted molar refractivity (Wildman–Crippen MR) is 89.9 cm³/mol. The van der Waals surface area contributed by atoms with Gasteiger partial charge in [0.2, 0.25) is 11.8 Å². The van der Waals surface area contributed by atoms with Gasteiger partial charge in [0.25, 0.3) is 11.8 Å². The van der Waals surface area contributed by atoms with E-state index in [1.165, 1.54) is 6.07 Å². The molecular weight excluding hydrogens is 340 g/mol. The summed E-state index contributed by atoms with van der Waals surface area (Å²) in [6.07, 6.45) is 0.191. The highest BCUT2D eigenvalue weighted by atomic mass is 16.3. The van der Waals surface area contributed by atoms with Crippen molar-refractivity contribution in [3.05, 3.63) is 34.9 Å². The number of imide groups is 2. The van der Waals surface area contributed by atoms with E-state index < -0.39 is 29.7 Å². The molecule has 0 aromatic heterocycles. The van der Waals surface area contributed by atoms with Crippen molar-refractivity contribution in [1.82, 2.24) is 15.5 Å². The Kier molecular flexibility index (Phi) is 5.12. The SMILES string of the molecule is NCC(CO)NCc1cccc2c1C(=O)N(C1CCC(=O)NC1=O)C2=O. The monoisotopic (exact) mass is 360 g/mol. The summed E-state index contributed by atoms with van der Waals surface area (Å²) >= 11 is 0. The van der Waals surface area contributed by atoms with Gasteiger partial charge in [-0.25, -0.2) is 0 Å². The van der Waals surface area contributed by atoms with Gasteiger partial charge >= 0.3 is 0 Å². The lowest BCUT2D eigenvalue weighted by atomic mass is 10.0. The summed E-state index contributed by atoms with van der Waals surface area (Å²) in [6.45, 7) is 0.315. The standard InChI is InChI=1S/C17H20N4O5/c18-6-10(8-22)19-7-9-2-1-3-11-14(9)17(26)21(16(11)25)12-4-5-13(23)20-15(12)24/h1-3,10,12,19,22H,4-8,18H2,(H,20,23,24). The van der Waals surface area contributed by atoms with Gasteiger partial charge in [-0.15, -0.1) is 0 Å². The van der Waals surface area contributed by atoms with E-state index >= 15 is 0 Å². The third-order valence-corrected chi connectivity index (χ3v) is 4.64. The third kappa shape index (κ3) is 3.12. The second-order valence-electron chi connectivity index (χ2n) is 6.28. The number of benzene rings is 1. The number of piperidine rings is 1. The van der Waals surface area contributed by atoms with Crippen LogP contribution in [-0.2, 0) is 16.1 Å². The Balaban J connectivity index is 1.87. The molecule has 2 aliphatic rings. The predicted octanol–water partition coefficient (Wildman–Crippen LogP) is -1.50. The summed E-state index contributed by atoms with van der Waals surface area (Å²) in [6, 6.07) is 3.58. The molecule has 4 amide bonds. The molecule has 0 spiro atoms. The molecule has 2 aliphatic heterocycles. The Bertz CT molecular complexity index is 774. The fraction of sp³-hybridized carbons (Fsp3) is 0.412.